The monoisotopic (exact) mass is 314 g/mol. The third-order valence-corrected chi connectivity index (χ3v) is 5.87. The molecule has 23 heavy (non-hydrogen) atoms. The molecule has 124 valence electrons. The number of fused-ring (bicyclic) bond motifs is 2. The summed E-state index contributed by atoms with van der Waals surface area (Å²) >= 11 is 0. The summed E-state index contributed by atoms with van der Waals surface area (Å²) in [6, 6.07) is 0.518. The average molecular weight is 314 g/mol. The topological polar surface area (TPSA) is 49.3 Å². The summed E-state index contributed by atoms with van der Waals surface area (Å²) in [5, 5.41) is 0. The highest BCUT2D eigenvalue weighted by molar-refractivity contribution is 5.78. The van der Waals surface area contributed by atoms with Gasteiger partial charge < -0.3 is 4.90 Å². The number of carbonyl (C=O) groups is 1. The number of hydrogen-bond donors (Lipinski definition) is 0. The van der Waals surface area contributed by atoms with Crippen molar-refractivity contribution in [2.45, 2.75) is 57.5 Å². The zero-order valence-electron chi connectivity index (χ0n) is 13.8. The Morgan fingerprint density at radius 1 is 1.17 bits per heavy atom. The highest BCUT2D eigenvalue weighted by atomic mass is 16.2. The summed E-state index contributed by atoms with van der Waals surface area (Å²) in [7, 11) is 0. The first-order chi connectivity index (χ1) is 11.3. The van der Waals surface area contributed by atoms with Crippen LogP contribution in [0, 0.1) is 5.92 Å². The van der Waals surface area contributed by atoms with Crippen LogP contribution >= 0.6 is 0 Å². The molecule has 1 aromatic heterocycles. The Balaban J connectivity index is 1.40. The normalized spacial score (nSPS) is 28.1. The quantitative estimate of drug-likeness (QED) is 0.838. The van der Waals surface area contributed by atoms with E-state index in [-0.39, 0.29) is 0 Å². The number of piperidine rings is 1. The van der Waals surface area contributed by atoms with Gasteiger partial charge >= 0.3 is 0 Å². The van der Waals surface area contributed by atoms with E-state index >= 15 is 0 Å². The van der Waals surface area contributed by atoms with Crippen molar-refractivity contribution in [2.75, 3.05) is 19.6 Å². The van der Waals surface area contributed by atoms with Crippen LogP contribution in [0.25, 0.3) is 0 Å². The average Bonchev–Trinajstić information content (AvgIpc) is 2.61. The lowest BCUT2D eigenvalue weighted by molar-refractivity contribution is -0.139. The lowest BCUT2D eigenvalue weighted by atomic mass is 9.78. The minimum Gasteiger partial charge on any atom is -0.338 e. The largest absolute Gasteiger partial charge is 0.338 e. The number of likely N-dealkylation sites (tertiary alicyclic amines) is 1. The Hall–Kier alpha value is -1.49. The number of nitrogens with zero attached hydrogens (tertiary/aromatic N) is 4. The van der Waals surface area contributed by atoms with Crippen molar-refractivity contribution in [1.29, 1.82) is 0 Å². The molecule has 1 aliphatic carbocycles. The van der Waals surface area contributed by atoms with Gasteiger partial charge in [0.2, 0.25) is 5.91 Å². The summed E-state index contributed by atoms with van der Waals surface area (Å²) in [4.78, 5) is 25.8. The van der Waals surface area contributed by atoms with Crippen molar-refractivity contribution >= 4 is 5.91 Å². The van der Waals surface area contributed by atoms with E-state index in [1.165, 1.54) is 44.1 Å². The number of rotatable bonds is 2. The van der Waals surface area contributed by atoms with Crippen LogP contribution in [-0.4, -0.2) is 51.4 Å². The Morgan fingerprint density at radius 3 is 3.00 bits per heavy atom. The van der Waals surface area contributed by atoms with E-state index in [4.69, 9.17) is 0 Å². The van der Waals surface area contributed by atoms with Gasteiger partial charge in [-0.05, 0) is 43.6 Å². The summed E-state index contributed by atoms with van der Waals surface area (Å²) in [5.74, 6) is 1.09. The molecule has 4 rings (SSSR count). The van der Waals surface area contributed by atoms with Gasteiger partial charge in [-0.2, -0.15) is 0 Å². The zero-order chi connectivity index (χ0) is 15.6. The molecule has 1 aromatic rings. The predicted molar refractivity (Wildman–Crippen MR) is 87.7 cm³/mol. The molecule has 0 spiro atoms. The maximum Gasteiger partial charge on any atom is 0.237 e. The molecule has 2 aliphatic heterocycles. The van der Waals surface area contributed by atoms with E-state index < -0.39 is 0 Å². The molecule has 3 aliphatic rings. The smallest absolute Gasteiger partial charge is 0.237 e. The predicted octanol–water partition coefficient (Wildman–Crippen LogP) is 2.02. The summed E-state index contributed by atoms with van der Waals surface area (Å²) in [6.45, 7) is 3.23. The van der Waals surface area contributed by atoms with Crippen LogP contribution in [-0.2, 0) is 17.8 Å². The summed E-state index contributed by atoms with van der Waals surface area (Å²) in [5.41, 5.74) is 2.33. The number of aromatic nitrogens is 2. The van der Waals surface area contributed by atoms with Gasteiger partial charge in [-0.1, -0.05) is 12.8 Å². The molecule has 3 heterocycles. The fourth-order valence-corrected chi connectivity index (χ4v) is 4.66. The van der Waals surface area contributed by atoms with Crippen molar-refractivity contribution < 1.29 is 4.79 Å². The van der Waals surface area contributed by atoms with Crippen LogP contribution in [0.15, 0.2) is 12.5 Å². The maximum absolute atomic E-state index is 12.9. The van der Waals surface area contributed by atoms with Crippen molar-refractivity contribution in [3.63, 3.8) is 0 Å². The van der Waals surface area contributed by atoms with Gasteiger partial charge in [-0.15, -0.1) is 0 Å². The Labute approximate surface area is 138 Å². The fourth-order valence-electron chi connectivity index (χ4n) is 4.66. The Bertz CT molecular complexity index is 574. The third-order valence-electron chi connectivity index (χ3n) is 5.87. The second-order valence-electron chi connectivity index (χ2n) is 7.30. The number of hydrogen-bond acceptors (Lipinski definition) is 4. The molecular formula is C18H26N4O. The van der Waals surface area contributed by atoms with Crippen LogP contribution < -0.4 is 0 Å². The van der Waals surface area contributed by atoms with Crippen LogP contribution in [0.2, 0.25) is 0 Å². The number of carbonyl (C=O) groups excluding carboxylic acids is 1. The molecule has 1 saturated heterocycles. The zero-order valence-corrected chi connectivity index (χ0v) is 13.8. The fraction of sp³-hybridized carbons (Fsp3) is 0.722. The highest BCUT2D eigenvalue weighted by Crippen LogP contribution is 2.35. The van der Waals surface area contributed by atoms with E-state index in [9.17, 15) is 4.79 Å². The van der Waals surface area contributed by atoms with E-state index in [0.717, 1.165) is 37.7 Å². The van der Waals surface area contributed by atoms with E-state index in [1.807, 2.05) is 6.20 Å². The first-order valence-corrected chi connectivity index (χ1v) is 9.11. The molecule has 0 aromatic carbocycles. The Kier molecular flexibility index (Phi) is 4.29. The van der Waals surface area contributed by atoms with Gasteiger partial charge in [0.15, 0.2) is 0 Å². The second-order valence-corrected chi connectivity index (χ2v) is 7.30. The van der Waals surface area contributed by atoms with Gasteiger partial charge in [0.25, 0.3) is 0 Å². The Morgan fingerprint density at radius 2 is 2.04 bits per heavy atom. The van der Waals surface area contributed by atoms with Crippen molar-refractivity contribution in [2.24, 2.45) is 5.92 Å². The van der Waals surface area contributed by atoms with E-state index in [0.29, 0.717) is 18.5 Å². The number of amides is 1. The van der Waals surface area contributed by atoms with Gasteiger partial charge in [-0.3, -0.25) is 9.69 Å². The molecule has 0 N–H and O–H groups in total. The van der Waals surface area contributed by atoms with E-state index in [2.05, 4.69) is 19.8 Å². The molecular weight excluding hydrogens is 288 g/mol. The SMILES string of the molecule is O=C(CN1CCc2cncnc2C1)N1CCC[C@H]2CCCC[C@@H]21. The molecule has 5 heteroatoms. The molecule has 5 nitrogen and oxygen atoms in total. The van der Waals surface area contributed by atoms with Crippen molar-refractivity contribution in [3.05, 3.63) is 23.8 Å². The minimum atomic E-state index is 0.333. The van der Waals surface area contributed by atoms with Crippen molar-refractivity contribution in [3.8, 4) is 0 Å². The molecule has 1 saturated carbocycles. The van der Waals surface area contributed by atoms with Crippen LogP contribution in [0.5, 0.6) is 0 Å². The van der Waals surface area contributed by atoms with Crippen LogP contribution in [0.4, 0.5) is 0 Å². The summed E-state index contributed by atoms with van der Waals surface area (Å²) in [6.07, 6.45) is 12.2. The lowest BCUT2D eigenvalue weighted by Crippen LogP contribution is -2.52. The minimum absolute atomic E-state index is 0.333. The summed E-state index contributed by atoms with van der Waals surface area (Å²) < 4.78 is 0. The standard InChI is InChI=1S/C18H26N4O/c23-18(22-8-3-5-14-4-1-2-6-17(14)22)12-21-9-7-15-10-19-13-20-16(15)11-21/h10,13-14,17H,1-9,11-12H2/t14-,17+/m1/s1. The van der Waals surface area contributed by atoms with Crippen molar-refractivity contribution in [1.82, 2.24) is 19.8 Å². The van der Waals surface area contributed by atoms with Gasteiger partial charge in [0, 0.05) is 31.9 Å². The molecule has 2 atom stereocenters. The molecule has 0 radical (unpaired) electrons. The molecule has 0 unspecified atom stereocenters. The van der Waals surface area contributed by atoms with Crippen LogP contribution in [0.1, 0.15) is 49.8 Å². The first-order valence-electron chi connectivity index (χ1n) is 9.11. The first kappa shape index (κ1) is 15.1. The highest BCUT2D eigenvalue weighted by Gasteiger charge is 2.36. The van der Waals surface area contributed by atoms with Gasteiger partial charge in [-0.25, -0.2) is 9.97 Å². The van der Waals surface area contributed by atoms with Crippen LogP contribution in [0.3, 0.4) is 0 Å². The third kappa shape index (κ3) is 3.11. The lowest BCUT2D eigenvalue weighted by Gasteiger charge is -2.44. The molecule has 1 amide bonds. The van der Waals surface area contributed by atoms with Gasteiger partial charge in [0.05, 0.1) is 12.2 Å². The van der Waals surface area contributed by atoms with Gasteiger partial charge in [0.1, 0.15) is 6.33 Å². The molecule has 2 fully saturated rings. The second kappa shape index (κ2) is 6.56. The molecule has 0 bridgehead atoms. The maximum atomic E-state index is 12.9. The van der Waals surface area contributed by atoms with E-state index in [1.54, 1.807) is 6.33 Å².